The maximum atomic E-state index is 14.3. The number of nitrogens with two attached hydrogens (primary N) is 5. The van der Waals surface area contributed by atoms with Gasteiger partial charge in [0.2, 0.25) is 59.1 Å². The fraction of sp³-hybridized carbons (Fsp3) is 0.737. The summed E-state index contributed by atoms with van der Waals surface area (Å²) >= 11 is 1.24. The predicted octanol–water partition coefficient (Wildman–Crippen LogP) is -1.17. The zero-order valence-electron chi connectivity index (χ0n) is 52.7. The van der Waals surface area contributed by atoms with Crippen LogP contribution in [0.15, 0.2) is 9.98 Å². The molecule has 0 saturated heterocycles. The number of carboxylic acids is 3. The van der Waals surface area contributed by atoms with Crippen molar-refractivity contribution in [1.29, 1.82) is 0 Å². The molecule has 0 bridgehead atoms. The molecule has 0 aromatic rings. The molecule has 0 aliphatic heterocycles. The van der Waals surface area contributed by atoms with Crippen LogP contribution in [0.4, 0.5) is 0 Å². The van der Waals surface area contributed by atoms with Crippen molar-refractivity contribution in [2.45, 2.75) is 236 Å². The molecule has 0 heterocycles. The molecule has 0 fully saturated rings. The van der Waals surface area contributed by atoms with Crippen LogP contribution in [0.2, 0.25) is 0 Å². The van der Waals surface area contributed by atoms with Gasteiger partial charge in [0.1, 0.15) is 48.3 Å². The first-order valence-electron chi connectivity index (χ1n) is 30.8. The van der Waals surface area contributed by atoms with Crippen molar-refractivity contribution < 1.29 is 77.6 Å². The maximum absolute atomic E-state index is 14.3. The highest BCUT2D eigenvalue weighted by Crippen LogP contribution is 2.14. The summed E-state index contributed by atoms with van der Waals surface area (Å²) in [6.45, 7) is 4.66. The van der Waals surface area contributed by atoms with E-state index in [-0.39, 0.29) is 69.4 Å². The molecule has 10 amide bonds. The number of primary amides is 1. The summed E-state index contributed by atoms with van der Waals surface area (Å²) in [6, 6.07) is -12.3. The molecule has 0 spiro atoms. The van der Waals surface area contributed by atoms with Crippen molar-refractivity contribution in [3.05, 3.63) is 0 Å². The number of aliphatic imine (C=N–C) groups is 2. The Balaban J connectivity index is 6.57. The van der Waals surface area contributed by atoms with E-state index in [0.29, 0.717) is 6.42 Å². The Bertz CT molecular complexity index is 2360. The fourth-order valence-corrected chi connectivity index (χ4v) is 9.47. The lowest BCUT2D eigenvalue weighted by molar-refractivity contribution is -0.141. The van der Waals surface area contributed by atoms with E-state index in [9.17, 15) is 77.6 Å². The van der Waals surface area contributed by atoms with Crippen molar-refractivity contribution in [2.75, 3.05) is 31.6 Å². The van der Waals surface area contributed by atoms with E-state index in [4.69, 9.17) is 28.7 Å². The summed E-state index contributed by atoms with van der Waals surface area (Å²) in [6.07, 6.45) is 13.2. The van der Waals surface area contributed by atoms with Crippen LogP contribution in [0.25, 0.3) is 0 Å². The van der Waals surface area contributed by atoms with Gasteiger partial charge in [-0.05, 0) is 76.7 Å². The number of hydrogen-bond acceptors (Lipinski definition) is 16. The summed E-state index contributed by atoms with van der Waals surface area (Å²) < 4.78 is 0. The highest BCUT2D eigenvalue weighted by molar-refractivity contribution is 7.98. The first kappa shape index (κ1) is 82.0. The minimum Gasteiger partial charge on any atom is -0.481 e. The number of carbonyl (C=O) groups excluding carboxylic acids is 10. The van der Waals surface area contributed by atoms with Crippen molar-refractivity contribution in [3.8, 4) is 0 Å². The second-order valence-corrected chi connectivity index (χ2v) is 22.9. The lowest BCUT2D eigenvalue weighted by Crippen LogP contribution is -2.60. The van der Waals surface area contributed by atoms with E-state index in [1.165, 1.54) is 76.5 Å². The number of guanidine groups is 2. The Morgan fingerprint density at radius 2 is 0.744 bits per heavy atom. The van der Waals surface area contributed by atoms with E-state index < -0.39 is 170 Å². The van der Waals surface area contributed by atoms with Gasteiger partial charge in [0.25, 0.3) is 0 Å². The van der Waals surface area contributed by atoms with Crippen LogP contribution >= 0.6 is 11.8 Å². The standard InChI is InChI=1S/C57H102N16O16S/c1-5-6-7-8-9-10-11-12-13-14-15-16-17-18-30-63-49(83)43(34-47(80)81)73-48(82)35(2)66-50(84)37(21-19-31-64-56(59)60)68-51(85)38(22-20-32-65-57(61)62)69-53(87)40(23-26-44(58)75)70-55(89)42(29-33-90-4)72-54(88)41(25-28-46(78)79)71-52(86)39(67-36(3)74)24-27-45(76)77/h35,37-43H,5-34H2,1-4H3,(H2,58,75)(H,63,83)(H,66,84)(H,67,74)(H,68,85)(H,69,87)(H,70,89)(H,71,86)(H,72,88)(H,73,82)(H,76,77)(H,78,79)(H,80,81)(H4,59,60,64)(H4,61,62,65)/t35-,37-,38-,39-,40-,41-,42-,43-/m0/s1. The molecule has 0 aliphatic rings. The van der Waals surface area contributed by atoms with Crippen LogP contribution in [0.5, 0.6) is 0 Å². The lowest BCUT2D eigenvalue weighted by atomic mass is 10.0. The molecular weight excluding hydrogens is 1200 g/mol. The molecule has 512 valence electrons. The summed E-state index contributed by atoms with van der Waals surface area (Å²) in [7, 11) is 0. The molecule has 33 heteroatoms. The fourth-order valence-electron chi connectivity index (χ4n) is 9.00. The number of thioether (sulfide) groups is 1. The highest BCUT2D eigenvalue weighted by atomic mass is 32.2. The second-order valence-electron chi connectivity index (χ2n) is 21.9. The van der Waals surface area contributed by atoms with E-state index >= 15 is 0 Å². The summed E-state index contributed by atoms with van der Waals surface area (Å²) in [5.74, 6) is -13.9. The largest absolute Gasteiger partial charge is 0.481 e. The third-order valence-corrected chi connectivity index (χ3v) is 14.6. The normalized spacial score (nSPS) is 13.5. The van der Waals surface area contributed by atoms with Crippen LogP contribution in [-0.2, 0) is 62.3 Å². The van der Waals surface area contributed by atoms with Gasteiger partial charge in [0.15, 0.2) is 11.9 Å². The molecule has 0 unspecified atom stereocenters. The topological polar surface area (TPSA) is 546 Å². The number of nitrogens with zero attached hydrogens (tertiary/aromatic N) is 2. The van der Waals surface area contributed by atoms with Crippen LogP contribution in [0.3, 0.4) is 0 Å². The summed E-state index contributed by atoms with van der Waals surface area (Å²) in [5, 5.41) is 50.4. The average Bonchev–Trinajstić information content (AvgIpc) is 2.52. The summed E-state index contributed by atoms with van der Waals surface area (Å²) in [5.41, 5.74) is 27.5. The highest BCUT2D eigenvalue weighted by Gasteiger charge is 2.35. The van der Waals surface area contributed by atoms with Crippen molar-refractivity contribution >= 4 is 101 Å². The number of unbranched alkanes of at least 4 members (excludes halogenated alkanes) is 13. The molecule has 0 radical (unpaired) electrons. The predicted molar refractivity (Wildman–Crippen MR) is 337 cm³/mol. The van der Waals surface area contributed by atoms with E-state index in [1.54, 1.807) is 6.26 Å². The van der Waals surface area contributed by atoms with Crippen molar-refractivity contribution in [1.82, 2.24) is 47.9 Å². The number of carbonyl (C=O) groups is 13. The number of nitrogens with one attached hydrogen (secondary N) is 9. The average molecular weight is 1300 g/mol. The second kappa shape index (κ2) is 48.9. The minimum absolute atomic E-state index is 0.0190. The van der Waals surface area contributed by atoms with Crippen LogP contribution in [0.1, 0.15) is 188 Å². The molecule has 8 atom stereocenters. The molecule has 90 heavy (non-hydrogen) atoms. The third kappa shape index (κ3) is 41.3. The minimum atomic E-state index is -1.67. The zero-order valence-corrected chi connectivity index (χ0v) is 53.5. The van der Waals surface area contributed by atoms with Crippen LogP contribution in [-0.4, -0.2) is 184 Å². The molecule has 32 nitrogen and oxygen atoms in total. The van der Waals surface area contributed by atoms with Crippen LogP contribution < -0.4 is 76.5 Å². The Kier molecular flexibility index (Phi) is 44.5. The quantitative estimate of drug-likeness (QED) is 0.0194. The molecule has 0 saturated carbocycles. The number of amides is 10. The van der Waals surface area contributed by atoms with Gasteiger partial charge in [-0.3, -0.25) is 72.3 Å². The SMILES string of the molecule is CCCCCCCCCCCCCCCCNC(=O)[C@H](CC(=O)O)NC(=O)[C@H](C)NC(=O)[C@H](CCCN=C(N)N)NC(=O)[C@H](CCCN=C(N)N)NC(=O)[C@H](CCC(N)=O)NC(=O)[C@H](CCSC)NC(=O)[C@H](CCC(=O)O)NC(=O)[C@H](CCC(=O)O)NC(C)=O. The van der Waals surface area contributed by atoms with Gasteiger partial charge in [-0.15, -0.1) is 0 Å². The van der Waals surface area contributed by atoms with Gasteiger partial charge in [-0.1, -0.05) is 90.4 Å². The van der Waals surface area contributed by atoms with Gasteiger partial charge < -0.3 is 91.8 Å². The molecular formula is C57H102N16O16S. The third-order valence-electron chi connectivity index (χ3n) is 13.9. The van der Waals surface area contributed by atoms with Gasteiger partial charge in [0, 0.05) is 45.8 Å². The Morgan fingerprint density at radius 1 is 0.400 bits per heavy atom. The van der Waals surface area contributed by atoms with Gasteiger partial charge in [0.05, 0.1) is 6.42 Å². The number of aliphatic carboxylic acids is 3. The number of rotatable bonds is 53. The first-order valence-corrected chi connectivity index (χ1v) is 32.2. The van der Waals surface area contributed by atoms with Crippen LogP contribution in [0, 0.1) is 0 Å². The Morgan fingerprint density at radius 3 is 1.10 bits per heavy atom. The summed E-state index contributed by atoms with van der Waals surface area (Å²) in [4.78, 5) is 177. The first-order chi connectivity index (χ1) is 42.6. The van der Waals surface area contributed by atoms with Gasteiger partial charge in [-0.2, -0.15) is 11.8 Å². The van der Waals surface area contributed by atoms with Crippen molar-refractivity contribution in [2.24, 2.45) is 38.7 Å². The zero-order chi connectivity index (χ0) is 68.0. The molecule has 0 rings (SSSR count). The van der Waals surface area contributed by atoms with E-state index in [0.717, 1.165) is 32.6 Å². The Labute approximate surface area is 530 Å². The number of hydrogen-bond donors (Lipinski definition) is 17. The lowest BCUT2D eigenvalue weighted by Gasteiger charge is -2.28. The van der Waals surface area contributed by atoms with Gasteiger partial charge >= 0.3 is 17.9 Å². The van der Waals surface area contributed by atoms with E-state index in [1.807, 2.05) is 0 Å². The monoisotopic (exact) mass is 1300 g/mol. The molecule has 0 aliphatic carbocycles. The molecule has 0 aromatic heterocycles. The Hall–Kier alpha value is -8.00. The molecule has 22 N–H and O–H groups in total. The van der Waals surface area contributed by atoms with E-state index in [2.05, 4.69) is 64.8 Å². The maximum Gasteiger partial charge on any atom is 0.305 e. The smallest absolute Gasteiger partial charge is 0.305 e. The van der Waals surface area contributed by atoms with Gasteiger partial charge in [-0.25, -0.2) is 0 Å². The van der Waals surface area contributed by atoms with Crippen molar-refractivity contribution in [3.63, 3.8) is 0 Å². The number of carboxylic acid groups (broad SMARTS) is 3. The molecule has 0 aromatic carbocycles.